The van der Waals surface area contributed by atoms with Gasteiger partial charge in [0.15, 0.2) is 0 Å². The van der Waals surface area contributed by atoms with E-state index in [4.69, 9.17) is 4.74 Å². The highest BCUT2D eigenvalue weighted by Crippen LogP contribution is 2.37. The van der Waals surface area contributed by atoms with Gasteiger partial charge in [0.05, 0.1) is 12.5 Å². The number of aliphatic carboxylic acids is 1. The van der Waals surface area contributed by atoms with Crippen molar-refractivity contribution in [1.82, 2.24) is 4.90 Å². The molecule has 2 heterocycles. The maximum absolute atomic E-state index is 11.2. The first kappa shape index (κ1) is 12.8. The second-order valence-corrected chi connectivity index (χ2v) is 5.34. The molecule has 2 atom stereocenters. The van der Waals surface area contributed by atoms with Gasteiger partial charge in [0.2, 0.25) is 0 Å². The lowest BCUT2D eigenvalue weighted by Crippen LogP contribution is -2.54. The van der Waals surface area contributed by atoms with Crippen molar-refractivity contribution in [2.45, 2.75) is 57.1 Å². The molecule has 2 rings (SSSR count). The lowest BCUT2D eigenvalue weighted by atomic mass is 9.81. The highest BCUT2D eigenvalue weighted by Gasteiger charge is 2.43. The topological polar surface area (TPSA) is 49.8 Å². The average molecular weight is 241 g/mol. The van der Waals surface area contributed by atoms with Crippen molar-refractivity contribution < 1.29 is 14.6 Å². The second-order valence-electron chi connectivity index (χ2n) is 5.34. The number of carboxylic acids is 1. The molecule has 2 unspecified atom stereocenters. The van der Waals surface area contributed by atoms with Crippen molar-refractivity contribution in [1.29, 1.82) is 0 Å². The van der Waals surface area contributed by atoms with Crippen LogP contribution in [0.4, 0.5) is 0 Å². The van der Waals surface area contributed by atoms with Crippen molar-refractivity contribution in [3.8, 4) is 0 Å². The summed E-state index contributed by atoms with van der Waals surface area (Å²) < 4.78 is 5.70. The van der Waals surface area contributed by atoms with E-state index in [1.165, 1.54) is 12.8 Å². The molecule has 0 amide bonds. The molecule has 17 heavy (non-hydrogen) atoms. The number of carboxylic acid groups (broad SMARTS) is 1. The van der Waals surface area contributed by atoms with Crippen LogP contribution in [0.1, 0.15) is 45.4 Å². The molecule has 2 fully saturated rings. The molecular weight excluding hydrogens is 218 g/mol. The summed E-state index contributed by atoms with van der Waals surface area (Å²) in [7, 11) is 0. The van der Waals surface area contributed by atoms with Crippen molar-refractivity contribution in [2.75, 3.05) is 19.7 Å². The van der Waals surface area contributed by atoms with Gasteiger partial charge in [-0.25, -0.2) is 0 Å². The Kier molecular flexibility index (Phi) is 4.05. The van der Waals surface area contributed by atoms with Crippen LogP contribution in [0.15, 0.2) is 0 Å². The minimum atomic E-state index is -0.673. The molecule has 0 aliphatic carbocycles. The first-order valence-electron chi connectivity index (χ1n) is 6.75. The maximum atomic E-state index is 11.2. The van der Waals surface area contributed by atoms with Crippen LogP contribution in [-0.4, -0.2) is 47.3 Å². The number of hydrogen-bond acceptors (Lipinski definition) is 3. The molecule has 0 aromatic heterocycles. The Morgan fingerprint density at radius 3 is 2.76 bits per heavy atom. The fourth-order valence-corrected chi connectivity index (χ4v) is 3.30. The maximum Gasteiger partial charge on any atom is 0.305 e. The van der Waals surface area contributed by atoms with E-state index in [0.29, 0.717) is 6.61 Å². The number of rotatable bonds is 4. The molecule has 0 saturated carbocycles. The molecule has 2 aliphatic rings. The predicted octanol–water partition coefficient (Wildman–Crippen LogP) is 1.88. The normalized spacial score (nSPS) is 35.0. The van der Waals surface area contributed by atoms with E-state index in [1.807, 2.05) is 0 Å². The molecule has 2 aliphatic heterocycles. The molecule has 0 radical (unpaired) electrons. The zero-order chi connectivity index (χ0) is 12.3. The minimum absolute atomic E-state index is 0.138. The molecule has 2 saturated heterocycles. The lowest BCUT2D eigenvalue weighted by Gasteiger charge is -2.46. The van der Waals surface area contributed by atoms with E-state index in [9.17, 15) is 9.90 Å². The van der Waals surface area contributed by atoms with Crippen molar-refractivity contribution >= 4 is 5.97 Å². The van der Waals surface area contributed by atoms with Crippen LogP contribution in [0.5, 0.6) is 0 Å². The Morgan fingerprint density at radius 2 is 2.18 bits per heavy atom. The average Bonchev–Trinajstić information content (AvgIpc) is 2.82. The summed E-state index contributed by atoms with van der Waals surface area (Å²) in [5, 5.41) is 9.18. The monoisotopic (exact) mass is 241 g/mol. The molecule has 0 aromatic carbocycles. The number of hydrogen-bond donors (Lipinski definition) is 1. The van der Waals surface area contributed by atoms with Gasteiger partial charge >= 0.3 is 5.97 Å². The first-order chi connectivity index (χ1) is 8.16. The third-order valence-corrected chi connectivity index (χ3v) is 4.24. The molecule has 4 nitrogen and oxygen atoms in total. The van der Waals surface area contributed by atoms with E-state index in [2.05, 4.69) is 11.8 Å². The smallest absolute Gasteiger partial charge is 0.305 e. The van der Waals surface area contributed by atoms with Crippen LogP contribution in [0, 0.1) is 0 Å². The Balaban J connectivity index is 2.12. The quantitative estimate of drug-likeness (QED) is 0.816. The summed E-state index contributed by atoms with van der Waals surface area (Å²) in [4.78, 5) is 13.6. The number of likely N-dealkylation sites (tertiary alicyclic amines) is 1. The Hall–Kier alpha value is -0.610. The number of carbonyl (C=O) groups is 1. The van der Waals surface area contributed by atoms with Crippen LogP contribution in [0.25, 0.3) is 0 Å². The summed E-state index contributed by atoms with van der Waals surface area (Å²) in [6.45, 7) is 4.95. The van der Waals surface area contributed by atoms with Crippen LogP contribution in [-0.2, 0) is 9.53 Å². The van der Waals surface area contributed by atoms with Crippen molar-refractivity contribution in [3.63, 3.8) is 0 Å². The van der Waals surface area contributed by atoms with Gasteiger partial charge in [0, 0.05) is 12.1 Å². The highest BCUT2D eigenvalue weighted by molar-refractivity contribution is 5.68. The number of ether oxygens (including phenoxy) is 1. The van der Waals surface area contributed by atoms with Crippen LogP contribution >= 0.6 is 0 Å². The molecule has 4 heteroatoms. The SMILES string of the molecule is CCC1CC(CC(=O)O)(N2CCCC2)CCO1. The van der Waals surface area contributed by atoms with Crippen molar-refractivity contribution in [3.05, 3.63) is 0 Å². The fraction of sp³-hybridized carbons (Fsp3) is 0.923. The summed E-state index contributed by atoms with van der Waals surface area (Å²) in [6.07, 6.45) is 5.66. The van der Waals surface area contributed by atoms with Crippen LogP contribution in [0.3, 0.4) is 0 Å². The Bertz CT molecular complexity index is 276. The Morgan fingerprint density at radius 1 is 1.47 bits per heavy atom. The lowest BCUT2D eigenvalue weighted by molar-refractivity contribution is -0.144. The van der Waals surface area contributed by atoms with Crippen molar-refractivity contribution in [2.24, 2.45) is 0 Å². The molecule has 1 N–H and O–H groups in total. The van der Waals surface area contributed by atoms with Gasteiger partial charge in [-0.1, -0.05) is 6.92 Å². The van der Waals surface area contributed by atoms with E-state index in [-0.39, 0.29) is 18.1 Å². The van der Waals surface area contributed by atoms with E-state index in [1.54, 1.807) is 0 Å². The standard InChI is InChI=1S/C13H23NO3/c1-2-11-9-13(5-8-17-11,10-12(15)16)14-6-3-4-7-14/h11H,2-10H2,1H3,(H,15,16). The van der Waals surface area contributed by atoms with Crippen LogP contribution < -0.4 is 0 Å². The van der Waals surface area contributed by atoms with Gasteiger partial charge in [-0.15, -0.1) is 0 Å². The van der Waals surface area contributed by atoms with E-state index in [0.717, 1.165) is 32.4 Å². The second kappa shape index (κ2) is 5.36. The molecule has 98 valence electrons. The fourth-order valence-electron chi connectivity index (χ4n) is 3.30. The molecule has 0 aromatic rings. The summed E-state index contributed by atoms with van der Waals surface area (Å²) in [5.41, 5.74) is -0.138. The van der Waals surface area contributed by atoms with Gasteiger partial charge in [0.1, 0.15) is 0 Å². The summed E-state index contributed by atoms with van der Waals surface area (Å²) in [6, 6.07) is 0. The zero-order valence-electron chi connectivity index (χ0n) is 10.7. The highest BCUT2D eigenvalue weighted by atomic mass is 16.5. The summed E-state index contributed by atoms with van der Waals surface area (Å²) >= 11 is 0. The Labute approximate surface area is 103 Å². The minimum Gasteiger partial charge on any atom is -0.481 e. The predicted molar refractivity (Wildman–Crippen MR) is 65.1 cm³/mol. The van der Waals surface area contributed by atoms with Gasteiger partial charge in [-0.05, 0) is 45.2 Å². The molecule has 0 spiro atoms. The third-order valence-electron chi connectivity index (χ3n) is 4.24. The number of nitrogens with zero attached hydrogens (tertiary/aromatic N) is 1. The largest absolute Gasteiger partial charge is 0.481 e. The van der Waals surface area contributed by atoms with E-state index < -0.39 is 5.97 Å². The summed E-state index contributed by atoms with van der Waals surface area (Å²) in [5.74, 6) is -0.673. The third kappa shape index (κ3) is 2.80. The van der Waals surface area contributed by atoms with Gasteiger partial charge < -0.3 is 9.84 Å². The van der Waals surface area contributed by atoms with Crippen LogP contribution in [0.2, 0.25) is 0 Å². The zero-order valence-corrected chi connectivity index (χ0v) is 10.7. The van der Waals surface area contributed by atoms with Gasteiger partial charge in [0.25, 0.3) is 0 Å². The first-order valence-corrected chi connectivity index (χ1v) is 6.75. The van der Waals surface area contributed by atoms with E-state index >= 15 is 0 Å². The molecular formula is C13H23NO3. The molecule has 0 bridgehead atoms. The van der Waals surface area contributed by atoms with Gasteiger partial charge in [-0.3, -0.25) is 9.69 Å². The van der Waals surface area contributed by atoms with Gasteiger partial charge in [-0.2, -0.15) is 0 Å².